The van der Waals surface area contributed by atoms with E-state index >= 15 is 0 Å². The summed E-state index contributed by atoms with van der Waals surface area (Å²) in [4.78, 5) is 14.6. The van der Waals surface area contributed by atoms with Gasteiger partial charge in [0.25, 0.3) is 5.91 Å². The highest BCUT2D eigenvalue weighted by Gasteiger charge is 2.27. The fourth-order valence-corrected chi connectivity index (χ4v) is 4.88. The van der Waals surface area contributed by atoms with Crippen LogP contribution in [0.1, 0.15) is 31.1 Å². The van der Waals surface area contributed by atoms with E-state index in [1.54, 1.807) is 30.0 Å². The van der Waals surface area contributed by atoms with E-state index in [2.05, 4.69) is 31.0 Å². The molecule has 0 unspecified atom stereocenters. The first-order valence-electron chi connectivity index (χ1n) is 8.80. The maximum atomic E-state index is 12.8. The number of carbonyl (C=O) groups excluding carboxylic acids is 1. The molecule has 146 valence electrons. The molecule has 0 saturated carbocycles. The summed E-state index contributed by atoms with van der Waals surface area (Å²) in [6.45, 7) is 9.31. The Bertz CT molecular complexity index is 721. The van der Waals surface area contributed by atoms with Crippen molar-refractivity contribution in [3.05, 3.63) is 29.8 Å². The van der Waals surface area contributed by atoms with Gasteiger partial charge in [-0.1, -0.05) is 26.8 Å². The molecule has 0 atom stereocenters. The normalized spacial score (nSPS) is 17.2. The molecule has 0 radical (unpaired) electrons. The van der Waals surface area contributed by atoms with E-state index in [1.807, 2.05) is 7.05 Å². The quantitative estimate of drug-likeness (QED) is 0.740. The van der Waals surface area contributed by atoms with Gasteiger partial charge in [0.2, 0.25) is 10.0 Å². The summed E-state index contributed by atoms with van der Waals surface area (Å²) < 4.78 is 27.3. The lowest BCUT2D eigenvalue weighted by atomic mass is 10.2. The highest BCUT2D eigenvalue weighted by molar-refractivity contribution is 8.00. The first-order chi connectivity index (χ1) is 12.1. The molecular weight excluding hydrogens is 370 g/mol. The van der Waals surface area contributed by atoms with E-state index in [0.29, 0.717) is 38.3 Å². The first kappa shape index (κ1) is 21.2. The van der Waals surface area contributed by atoms with Crippen molar-refractivity contribution in [3.63, 3.8) is 0 Å². The molecule has 0 bridgehead atoms. The highest BCUT2D eigenvalue weighted by atomic mass is 32.2. The summed E-state index contributed by atoms with van der Waals surface area (Å²) in [6.07, 6.45) is 0. The third kappa shape index (κ3) is 5.97. The van der Waals surface area contributed by atoms with Crippen molar-refractivity contribution in [3.8, 4) is 0 Å². The smallest absolute Gasteiger partial charge is 0.251 e. The molecule has 1 fully saturated rings. The van der Waals surface area contributed by atoms with E-state index in [1.165, 1.54) is 10.4 Å². The van der Waals surface area contributed by atoms with Gasteiger partial charge >= 0.3 is 0 Å². The fraction of sp³-hybridized carbons (Fsp3) is 0.611. The van der Waals surface area contributed by atoms with Crippen molar-refractivity contribution in [2.75, 3.05) is 45.5 Å². The molecule has 8 heteroatoms. The van der Waals surface area contributed by atoms with E-state index in [-0.39, 0.29) is 15.5 Å². The van der Waals surface area contributed by atoms with Crippen molar-refractivity contribution >= 4 is 27.7 Å². The number of sulfonamides is 1. The second-order valence-electron chi connectivity index (χ2n) is 7.45. The molecule has 2 rings (SSSR count). The number of carbonyl (C=O) groups is 1. The second kappa shape index (κ2) is 8.73. The number of thioether (sulfide) groups is 1. The van der Waals surface area contributed by atoms with Crippen LogP contribution >= 0.6 is 11.8 Å². The van der Waals surface area contributed by atoms with Crippen LogP contribution in [0.25, 0.3) is 0 Å². The molecule has 1 saturated heterocycles. The van der Waals surface area contributed by atoms with Gasteiger partial charge in [-0.15, -0.1) is 0 Å². The minimum atomic E-state index is -3.56. The van der Waals surface area contributed by atoms with Gasteiger partial charge in [0.15, 0.2) is 0 Å². The summed E-state index contributed by atoms with van der Waals surface area (Å²) in [6, 6.07) is 6.30. The maximum Gasteiger partial charge on any atom is 0.251 e. The zero-order valence-corrected chi connectivity index (χ0v) is 17.6. The molecule has 1 heterocycles. The van der Waals surface area contributed by atoms with Gasteiger partial charge < -0.3 is 10.2 Å². The molecule has 1 aliphatic rings. The third-order valence-corrected chi connectivity index (χ3v) is 7.29. The number of hydrogen-bond donors (Lipinski definition) is 1. The lowest BCUT2D eigenvalue weighted by Gasteiger charge is -2.31. The van der Waals surface area contributed by atoms with E-state index in [4.69, 9.17) is 0 Å². The zero-order valence-electron chi connectivity index (χ0n) is 16.0. The Morgan fingerprint density at radius 3 is 2.46 bits per heavy atom. The van der Waals surface area contributed by atoms with Crippen LogP contribution in [0.3, 0.4) is 0 Å². The molecular formula is C18H29N3O3S2. The molecule has 0 aliphatic carbocycles. The lowest BCUT2D eigenvalue weighted by molar-refractivity contribution is 0.0956. The molecule has 1 N–H and O–H groups in total. The van der Waals surface area contributed by atoms with Gasteiger partial charge in [0.1, 0.15) is 0 Å². The summed E-state index contributed by atoms with van der Waals surface area (Å²) in [5.41, 5.74) is 0.376. The summed E-state index contributed by atoms with van der Waals surface area (Å²) >= 11 is 1.78. The Balaban J connectivity index is 2.01. The summed E-state index contributed by atoms with van der Waals surface area (Å²) in [5, 5.41) is 2.86. The standard InChI is InChI=1S/C18H29N3O3S2/c1-18(2,3)25-13-8-19-17(22)15-6-5-7-16(14-15)26(23,24)21-11-9-20(4)10-12-21/h5-7,14H,8-13H2,1-4H3,(H,19,22). The van der Waals surface area contributed by atoms with Crippen LogP contribution in [-0.4, -0.2) is 73.8 Å². The number of nitrogens with one attached hydrogen (secondary N) is 1. The van der Waals surface area contributed by atoms with Crippen molar-refractivity contribution in [2.45, 2.75) is 30.4 Å². The van der Waals surface area contributed by atoms with Crippen LogP contribution in [0.5, 0.6) is 0 Å². The number of benzene rings is 1. The van der Waals surface area contributed by atoms with Crippen molar-refractivity contribution in [2.24, 2.45) is 0 Å². The molecule has 0 spiro atoms. The van der Waals surface area contributed by atoms with Gasteiger partial charge in [0, 0.05) is 48.8 Å². The molecule has 0 aromatic heterocycles. The van der Waals surface area contributed by atoms with Crippen molar-refractivity contribution in [1.82, 2.24) is 14.5 Å². The molecule has 26 heavy (non-hydrogen) atoms. The second-order valence-corrected chi connectivity index (χ2v) is 11.3. The van der Waals surface area contributed by atoms with Gasteiger partial charge in [-0.25, -0.2) is 8.42 Å². The molecule has 1 aromatic carbocycles. The van der Waals surface area contributed by atoms with Crippen LogP contribution in [0.2, 0.25) is 0 Å². The van der Waals surface area contributed by atoms with E-state index in [9.17, 15) is 13.2 Å². The van der Waals surface area contributed by atoms with Crippen LogP contribution in [0, 0.1) is 0 Å². The molecule has 1 aliphatic heterocycles. The summed E-state index contributed by atoms with van der Waals surface area (Å²) in [7, 11) is -1.58. The van der Waals surface area contributed by atoms with Gasteiger partial charge in [0.05, 0.1) is 4.90 Å². The Morgan fingerprint density at radius 1 is 1.19 bits per heavy atom. The minimum Gasteiger partial charge on any atom is -0.351 e. The molecule has 1 amide bonds. The van der Waals surface area contributed by atoms with Crippen molar-refractivity contribution in [1.29, 1.82) is 0 Å². The van der Waals surface area contributed by atoms with Gasteiger partial charge in [-0.2, -0.15) is 16.1 Å². The van der Waals surface area contributed by atoms with Gasteiger partial charge in [-0.05, 0) is 25.2 Å². The van der Waals surface area contributed by atoms with Crippen molar-refractivity contribution < 1.29 is 13.2 Å². The van der Waals surface area contributed by atoms with E-state index in [0.717, 1.165) is 5.75 Å². The Hall–Kier alpha value is -1.09. The Morgan fingerprint density at radius 2 is 1.85 bits per heavy atom. The molecule has 1 aromatic rings. The summed E-state index contributed by atoms with van der Waals surface area (Å²) in [5.74, 6) is 0.573. The third-order valence-electron chi connectivity index (χ3n) is 4.12. The SMILES string of the molecule is CN1CCN(S(=O)(=O)c2cccc(C(=O)NCCSC(C)(C)C)c2)CC1. The van der Waals surface area contributed by atoms with Crippen LogP contribution in [0.4, 0.5) is 0 Å². The zero-order chi connectivity index (χ0) is 19.4. The maximum absolute atomic E-state index is 12.8. The predicted molar refractivity (Wildman–Crippen MR) is 107 cm³/mol. The Kier molecular flexibility index (Phi) is 7.12. The van der Waals surface area contributed by atoms with Gasteiger partial charge in [-0.3, -0.25) is 4.79 Å². The number of rotatable bonds is 6. The fourth-order valence-electron chi connectivity index (χ4n) is 2.60. The highest BCUT2D eigenvalue weighted by Crippen LogP contribution is 2.22. The number of amides is 1. The largest absolute Gasteiger partial charge is 0.351 e. The average molecular weight is 400 g/mol. The number of hydrogen-bond acceptors (Lipinski definition) is 5. The topological polar surface area (TPSA) is 69.7 Å². The van der Waals surface area contributed by atoms with Crippen LogP contribution in [0.15, 0.2) is 29.2 Å². The lowest BCUT2D eigenvalue weighted by Crippen LogP contribution is -2.47. The van der Waals surface area contributed by atoms with Crippen LogP contribution < -0.4 is 5.32 Å². The molecule has 6 nitrogen and oxygen atoms in total. The number of likely N-dealkylation sites (N-methyl/N-ethyl adjacent to an activating group) is 1. The average Bonchev–Trinajstić information content (AvgIpc) is 2.58. The predicted octanol–water partition coefficient (Wildman–Crippen LogP) is 1.88. The Labute approximate surface area is 161 Å². The first-order valence-corrected chi connectivity index (χ1v) is 11.2. The number of nitrogens with zero attached hydrogens (tertiary/aromatic N) is 2. The van der Waals surface area contributed by atoms with Crippen LogP contribution in [-0.2, 0) is 10.0 Å². The minimum absolute atomic E-state index is 0.154. The number of piperazine rings is 1. The monoisotopic (exact) mass is 399 g/mol. The van der Waals surface area contributed by atoms with E-state index < -0.39 is 10.0 Å².